The molecule has 0 atom stereocenters. The molecule has 2 aromatic rings. The second kappa shape index (κ2) is 8.61. The van der Waals surface area contributed by atoms with Crippen molar-refractivity contribution in [3.05, 3.63) is 54.1 Å². The van der Waals surface area contributed by atoms with Crippen LogP contribution in [0.5, 0.6) is 11.5 Å². The molecule has 2 aromatic carbocycles. The first-order valence-corrected chi connectivity index (χ1v) is 8.99. The molecule has 0 aromatic heterocycles. The van der Waals surface area contributed by atoms with Crippen molar-refractivity contribution in [3.63, 3.8) is 0 Å². The summed E-state index contributed by atoms with van der Waals surface area (Å²) in [5.74, 6) is 1.92. The van der Waals surface area contributed by atoms with Crippen LogP contribution >= 0.6 is 0 Å². The van der Waals surface area contributed by atoms with Crippen LogP contribution in [-0.4, -0.2) is 51.2 Å². The standard InChI is InChI=1S/C21H26N2O3/c1-25-19-9-7-18(8-10-19)22-12-14-23(15-13-22)21(24)11-6-17-4-3-5-20(16-17)26-2/h3-5,7-10,16H,6,11-15H2,1-2H3. The Morgan fingerprint density at radius 2 is 1.62 bits per heavy atom. The van der Waals surface area contributed by atoms with Crippen molar-refractivity contribution in [1.82, 2.24) is 4.90 Å². The van der Waals surface area contributed by atoms with Crippen molar-refractivity contribution >= 4 is 11.6 Å². The summed E-state index contributed by atoms with van der Waals surface area (Å²) in [5, 5.41) is 0. The van der Waals surface area contributed by atoms with Gasteiger partial charge in [0.2, 0.25) is 5.91 Å². The molecule has 1 fully saturated rings. The number of methoxy groups -OCH3 is 2. The predicted octanol–water partition coefficient (Wildman–Crippen LogP) is 2.99. The molecule has 5 heteroatoms. The summed E-state index contributed by atoms with van der Waals surface area (Å²) >= 11 is 0. The number of carbonyl (C=O) groups is 1. The van der Waals surface area contributed by atoms with Gasteiger partial charge in [0.1, 0.15) is 11.5 Å². The summed E-state index contributed by atoms with van der Waals surface area (Å²) in [5.41, 5.74) is 2.31. The van der Waals surface area contributed by atoms with E-state index in [9.17, 15) is 4.79 Å². The Bertz CT molecular complexity index is 722. The number of anilines is 1. The maximum atomic E-state index is 12.5. The Hall–Kier alpha value is -2.69. The molecule has 0 N–H and O–H groups in total. The van der Waals surface area contributed by atoms with Crippen molar-refractivity contribution in [2.75, 3.05) is 45.3 Å². The number of amides is 1. The van der Waals surface area contributed by atoms with Crippen LogP contribution in [0.3, 0.4) is 0 Å². The molecule has 0 bridgehead atoms. The van der Waals surface area contributed by atoms with Crippen molar-refractivity contribution in [2.24, 2.45) is 0 Å². The lowest BCUT2D eigenvalue weighted by Crippen LogP contribution is -2.48. The highest BCUT2D eigenvalue weighted by Crippen LogP contribution is 2.21. The summed E-state index contributed by atoms with van der Waals surface area (Å²) in [6.45, 7) is 3.25. The average molecular weight is 354 g/mol. The van der Waals surface area contributed by atoms with Crippen LogP contribution in [0.1, 0.15) is 12.0 Å². The van der Waals surface area contributed by atoms with Crippen molar-refractivity contribution in [2.45, 2.75) is 12.8 Å². The van der Waals surface area contributed by atoms with E-state index in [0.29, 0.717) is 6.42 Å². The van der Waals surface area contributed by atoms with E-state index in [1.165, 1.54) is 5.69 Å². The van der Waals surface area contributed by atoms with Crippen LogP contribution in [0.4, 0.5) is 5.69 Å². The fourth-order valence-corrected chi connectivity index (χ4v) is 3.24. The van der Waals surface area contributed by atoms with Gasteiger partial charge in [0.25, 0.3) is 0 Å². The molecular formula is C21H26N2O3. The zero-order valence-corrected chi connectivity index (χ0v) is 15.5. The van der Waals surface area contributed by atoms with Gasteiger partial charge in [-0.05, 0) is 48.4 Å². The molecule has 0 saturated carbocycles. The third-order valence-corrected chi connectivity index (χ3v) is 4.83. The van der Waals surface area contributed by atoms with Crippen molar-refractivity contribution in [1.29, 1.82) is 0 Å². The van der Waals surface area contributed by atoms with Crippen LogP contribution in [0.15, 0.2) is 48.5 Å². The fraction of sp³-hybridized carbons (Fsp3) is 0.381. The Balaban J connectivity index is 1.48. The van der Waals surface area contributed by atoms with E-state index in [2.05, 4.69) is 17.0 Å². The quantitative estimate of drug-likeness (QED) is 0.800. The summed E-state index contributed by atoms with van der Waals surface area (Å²) in [6, 6.07) is 16.0. The molecule has 1 saturated heterocycles. The van der Waals surface area contributed by atoms with E-state index in [-0.39, 0.29) is 5.91 Å². The lowest BCUT2D eigenvalue weighted by atomic mass is 10.1. The number of hydrogen-bond acceptors (Lipinski definition) is 4. The first-order valence-electron chi connectivity index (χ1n) is 8.99. The number of ether oxygens (including phenoxy) is 2. The molecule has 3 rings (SSSR count). The minimum atomic E-state index is 0.224. The number of benzene rings is 2. The van der Waals surface area contributed by atoms with Gasteiger partial charge in [-0.3, -0.25) is 4.79 Å². The van der Waals surface area contributed by atoms with Crippen LogP contribution in [-0.2, 0) is 11.2 Å². The number of piperazine rings is 1. The highest BCUT2D eigenvalue weighted by molar-refractivity contribution is 5.76. The lowest BCUT2D eigenvalue weighted by molar-refractivity contribution is -0.131. The third kappa shape index (κ3) is 4.48. The molecule has 0 aliphatic carbocycles. The predicted molar refractivity (Wildman–Crippen MR) is 103 cm³/mol. The SMILES string of the molecule is COc1ccc(N2CCN(C(=O)CCc3cccc(OC)c3)CC2)cc1. The Kier molecular flexibility index (Phi) is 6.00. The van der Waals surface area contributed by atoms with E-state index in [1.54, 1.807) is 14.2 Å². The first kappa shape index (κ1) is 18.1. The van der Waals surface area contributed by atoms with Gasteiger partial charge in [-0.25, -0.2) is 0 Å². The second-order valence-electron chi connectivity index (χ2n) is 6.42. The van der Waals surface area contributed by atoms with Crippen LogP contribution in [0.25, 0.3) is 0 Å². The molecule has 26 heavy (non-hydrogen) atoms. The van der Waals surface area contributed by atoms with Gasteiger partial charge in [-0.2, -0.15) is 0 Å². The number of aryl methyl sites for hydroxylation is 1. The maximum Gasteiger partial charge on any atom is 0.223 e. The Labute approximate surface area is 155 Å². The third-order valence-electron chi connectivity index (χ3n) is 4.83. The van der Waals surface area contributed by atoms with Gasteiger partial charge in [0.05, 0.1) is 14.2 Å². The summed E-state index contributed by atoms with van der Waals surface area (Å²) in [6.07, 6.45) is 1.28. The van der Waals surface area contributed by atoms with Crippen LogP contribution < -0.4 is 14.4 Å². The van der Waals surface area contributed by atoms with E-state index >= 15 is 0 Å². The van der Waals surface area contributed by atoms with E-state index in [4.69, 9.17) is 9.47 Å². The molecule has 1 heterocycles. The summed E-state index contributed by atoms with van der Waals surface area (Å²) in [4.78, 5) is 16.8. The summed E-state index contributed by atoms with van der Waals surface area (Å²) in [7, 11) is 3.33. The number of hydrogen-bond donors (Lipinski definition) is 0. The number of carbonyl (C=O) groups excluding carboxylic acids is 1. The van der Waals surface area contributed by atoms with Crippen molar-refractivity contribution in [3.8, 4) is 11.5 Å². The monoisotopic (exact) mass is 354 g/mol. The second-order valence-corrected chi connectivity index (χ2v) is 6.42. The van der Waals surface area contributed by atoms with Crippen LogP contribution in [0.2, 0.25) is 0 Å². The minimum Gasteiger partial charge on any atom is -0.497 e. The molecule has 0 spiro atoms. The molecule has 0 radical (unpaired) electrons. The topological polar surface area (TPSA) is 42.0 Å². The lowest BCUT2D eigenvalue weighted by Gasteiger charge is -2.36. The Morgan fingerprint density at radius 1 is 0.923 bits per heavy atom. The van der Waals surface area contributed by atoms with Gasteiger partial charge in [0, 0.05) is 38.3 Å². The first-order chi connectivity index (χ1) is 12.7. The average Bonchev–Trinajstić information content (AvgIpc) is 2.72. The Morgan fingerprint density at radius 3 is 2.27 bits per heavy atom. The zero-order valence-electron chi connectivity index (χ0n) is 15.5. The molecule has 1 aliphatic rings. The molecule has 5 nitrogen and oxygen atoms in total. The fourth-order valence-electron chi connectivity index (χ4n) is 3.24. The molecule has 138 valence electrons. The van der Waals surface area contributed by atoms with Crippen LogP contribution in [0, 0.1) is 0 Å². The molecule has 1 aliphatic heterocycles. The van der Waals surface area contributed by atoms with E-state index in [0.717, 1.165) is 49.7 Å². The highest BCUT2D eigenvalue weighted by Gasteiger charge is 2.21. The largest absolute Gasteiger partial charge is 0.497 e. The maximum absolute atomic E-state index is 12.5. The molecular weight excluding hydrogens is 328 g/mol. The summed E-state index contributed by atoms with van der Waals surface area (Å²) < 4.78 is 10.4. The van der Waals surface area contributed by atoms with Crippen molar-refractivity contribution < 1.29 is 14.3 Å². The van der Waals surface area contributed by atoms with Gasteiger partial charge in [0.15, 0.2) is 0 Å². The minimum absolute atomic E-state index is 0.224. The number of nitrogens with zero attached hydrogens (tertiary/aromatic N) is 2. The highest BCUT2D eigenvalue weighted by atomic mass is 16.5. The zero-order chi connectivity index (χ0) is 18.4. The molecule has 1 amide bonds. The molecule has 0 unspecified atom stereocenters. The van der Waals surface area contributed by atoms with Gasteiger partial charge >= 0.3 is 0 Å². The van der Waals surface area contributed by atoms with E-state index < -0.39 is 0 Å². The van der Waals surface area contributed by atoms with Gasteiger partial charge < -0.3 is 19.3 Å². The van der Waals surface area contributed by atoms with E-state index in [1.807, 2.05) is 41.3 Å². The number of rotatable bonds is 6. The van der Waals surface area contributed by atoms with Gasteiger partial charge in [-0.1, -0.05) is 12.1 Å². The smallest absolute Gasteiger partial charge is 0.223 e. The normalized spacial score (nSPS) is 14.2. The van der Waals surface area contributed by atoms with Gasteiger partial charge in [-0.15, -0.1) is 0 Å².